The first-order valence-corrected chi connectivity index (χ1v) is 6.46. The van der Waals surface area contributed by atoms with Crippen LogP contribution in [0.4, 0.5) is 0 Å². The molecule has 0 bridgehead atoms. The van der Waals surface area contributed by atoms with E-state index in [4.69, 9.17) is 0 Å². The molecule has 0 radical (unpaired) electrons. The molecule has 1 saturated heterocycles. The lowest BCUT2D eigenvalue weighted by atomic mass is 9.84. The molecule has 0 aromatic rings. The summed E-state index contributed by atoms with van der Waals surface area (Å²) >= 11 is 0. The van der Waals surface area contributed by atoms with Crippen molar-refractivity contribution >= 4 is 11.8 Å². The number of nitriles is 1. The first kappa shape index (κ1) is 12.9. The van der Waals surface area contributed by atoms with Crippen molar-refractivity contribution in [2.24, 2.45) is 5.41 Å². The normalized spacial score (nSPS) is 25.4. The molecule has 0 unspecified atom stereocenters. The topological polar surface area (TPSA) is 73.2 Å². The summed E-state index contributed by atoms with van der Waals surface area (Å²) in [7, 11) is 0. The summed E-state index contributed by atoms with van der Waals surface area (Å²) in [6, 6.07) is 2.20. The molecule has 2 fully saturated rings. The van der Waals surface area contributed by atoms with Crippen LogP contribution in [0, 0.1) is 16.7 Å². The quantitative estimate of drug-likeness (QED) is 0.747. The molecule has 2 rings (SSSR count). The molecular weight excluding hydrogens is 230 g/mol. The maximum Gasteiger partial charge on any atom is 0.245 e. The van der Waals surface area contributed by atoms with E-state index in [-0.39, 0.29) is 11.8 Å². The van der Waals surface area contributed by atoms with Gasteiger partial charge in [-0.2, -0.15) is 5.26 Å². The fraction of sp³-hybridized carbons (Fsp3) is 0.769. The number of piperazine rings is 1. The summed E-state index contributed by atoms with van der Waals surface area (Å²) in [5.74, 6) is -0.310. The van der Waals surface area contributed by atoms with E-state index in [1.54, 1.807) is 18.7 Å². The Kier molecular flexibility index (Phi) is 3.05. The molecule has 2 aliphatic rings. The summed E-state index contributed by atoms with van der Waals surface area (Å²) in [6.07, 6.45) is 3.08. The van der Waals surface area contributed by atoms with Crippen molar-refractivity contribution in [3.63, 3.8) is 0 Å². The summed E-state index contributed by atoms with van der Waals surface area (Å²) in [5, 5.41) is 12.1. The second-order valence-corrected chi connectivity index (χ2v) is 5.67. The fourth-order valence-electron chi connectivity index (χ4n) is 2.87. The maximum absolute atomic E-state index is 12.6. The maximum atomic E-state index is 12.6. The molecule has 1 aliphatic carbocycles. The summed E-state index contributed by atoms with van der Waals surface area (Å²) in [5.41, 5.74) is -1.75. The van der Waals surface area contributed by atoms with Crippen LogP contribution in [0.25, 0.3) is 0 Å². The minimum absolute atomic E-state index is 0.145. The van der Waals surface area contributed by atoms with Crippen molar-refractivity contribution in [3.05, 3.63) is 0 Å². The van der Waals surface area contributed by atoms with Crippen LogP contribution >= 0.6 is 0 Å². The van der Waals surface area contributed by atoms with Gasteiger partial charge in [0, 0.05) is 13.1 Å². The standard InChI is InChI=1S/C13H19N3O2/c1-12(2)10(17)15-7-8-16(12)11(18)13(9-14)5-3-4-6-13/h3-8H2,1-2H3,(H,15,17). The first-order chi connectivity index (χ1) is 8.44. The number of carbonyl (C=O) groups excluding carboxylic acids is 2. The van der Waals surface area contributed by atoms with Crippen LogP contribution in [0.3, 0.4) is 0 Å². The Morgan fingerprint density at radius 2 is 2.00 bits per heavy atom. The molecule has 0 spiro atoms. The number of hydrogen-bond acceptors (Lipinski definition) is 3. The lowest BCUT2D eigenvalue weighted by Gasteiger charge is -2.43. The van der Waals surface area contributed by atoms with Gasteiger partial charge in [0.2, 0.25) is 11.8 Å². The van der Waals surface area contributed by atoms with Crippen LogP contribution < -0.4 is 5.32 Å². The van der Waals surface area contributed by atoms with Crippen LogP contribution in [-0.4, -0.2) is 35.3 Å². The van der Waals surface area contributed by atoms with Crippen LogP contribution in [-0.2, 0) is 9.59 Å². The number of hydrogen-bond donors (Lipinski definition) is 1. The number of carbonyl (C=O) groups is 2. The van der Waals surface area contributed by atoms with E-state index in [9.17, 15) is 14.9 Å². The molecule has 2 amide bonds. The van der Waals surface area contributed by atoms with E-state index in [1.165, 1.54) is 0 Å². The van der Waals surface area contributed by atoms with Crippen molar-refractivity contribution in [2.75, 3.05) is 13.1 Å². The molecule has 18 heavy (non-hydrogen) atoms. The van der Waals surface area contributed by atoms with Gasteiger partial charge in [-0.1, -0.05) is 12.8 Å². The van der Waals surface area contributed by atoms with E-state index in [0.29, 0.717) is 25.9 Å². The van der Waals surface area contributed by atoms with E-state index < -0.39 is 11.0 Å². The Morgan fingerprint density at radius 3 is 2.56 bits per heavy atom. The van der Waals surface area contributed by atoms with Crippen LogP contribution in [0.2, 0.25) is 0 Å². The minimum Gasteiger partial charge on any atom is -0.352 e. The predicted molar refractivity (Wildman–Crippen MR) is 65.3 cm³/mol. The highest BCUT2D eigenvalue weighted by Crippen LogP contribution is 2.40. The average molecular weight is 249 g/mol. The molecule has 0 aromatic carbocycles. The van der Waals surface area contributed by atoms with Gasteiger partial charge in [-0.15, -0.1) is 0 Å². The highest BCUT2D eigenvalue weighted by Gasteiger charge is 2.50. The van der Waals surface area contributed by atoms with Crippen molar-refractivity contribution in [3.8, 4) is 6.07 Å². The van der Waals surface area contributed by atoms with E-state index >= 15 is 0 Å². The van der Waals surface area contributed by atoms with Gasteiger partial charge in [0.05, 0.1) is 6.07 Å². The Hall–Kier alpha value is -1.57. The molecule has 1 heterocycles. The van der Waals surface area contributed by atoms with Gasteiger partial charge in [0.1, 0.15) is 11.0 Å². The van der Waals surface area contributed by atoms with Crippen molar-refractivity contribution in [1.29, 1.82) is 5.26 Å². The Morgan fingerprint density at radius 1 is 1.39 bits per heavy atom. The Labute approximate surface area is 107 Å². The highest BCUT2D eigenvalue weighted by atomic mass is 16.2. The number of nitrogens with one attached hydrogen (secondary N) is 1. The molecule has 5 heteroatoms. The van der Waals surface area contributed by atoms with Gasteiger partial charge in [-0.05, 0) is 26.7 Å². The average Bonchev–Trinajstić information content (AvgIpc) is 2.82. The van der Waals surface area contributed by atoms with E-state index in [0.717, 1.165) is 12.8 Å². The number of amides is 2. The monoisotopic (exact) mass is 249 g/mol. The molecule has 5 nitrogen and oxygen atoms in total. The zero-order chi connectivity index (χ0) is 13.4. The Bertz CT molecular complexity index is 416. The molecule has 0 aromatic heterocycles. The third-order valence-electron chi connectivity index (χ3n) is 4.18. The van der Waals surface area contributed by atoms with Crippen molar-refractivity contribution in [2.45, 2.75) is 45.1 Å². The summed E-state index contributed by atoms with van der Waals surface area (Å²) in [4.78, 5) is 26.1. The van der Waals surface area contributed by atoms with Gasteiger partial charge in [-0.3, -0.25) is 9.59 Å². The van der Waals surface area contributed by atoms with Crippen molar-refractivity contribution < 1.29 is 9.59 Å². The molecule has 1 aliphatic heterocycles. The van der Waals surface area contributed by atoms with Gasteiger partial charge in [0.15, 0.2) is 0 Å². The third kappa shape index (κ3) is 1.76. The minimum atomic E-state index is -0.894. The van der Waals surface area contributed by atoms with Gasteiger partial charge in [-0.25, -0.2) is 0 Å². The first-order valence-electron chi connectivity index (χ1n) is 6.46. The predicted octanol–water partition coefficient (Wildman–Crippen LogP) is 0.807. The van der Waals surface area contributed by atoms with Gasteiger partial charge >= 0.3 is 0 Å². The fourth-order valence-corrected chi connectivity index (χ4v) is 2.87. The second-order valence-electron chi connectivity index (χ2n) is 5.67. The summed E-state index contributed by atoms with van der Waals surface area (Å²) < 4.78 is 0. The largest absolute Gasteiger partial charge is 0.352 e. The smallest absolute Gasteiger partial charge is 0.245 e. The van der Waals surface area contributed by atoms with Crippen LogP contribution in [0.15, 0.2) is 0 Å². The van der Waals surface area contributed by atoms with Gasteiger partial charge in [0.25, 0.3) is 0 Å². The van der Waals surface area contributed by atoms with Crippen LogP contribution in [0.5, 0.6) is 0 Å². The summed E-state index contributed by atoms with van der Waals surface area (Å²) in [6.45, 7) is 4.43. The van der Waals surface area contributed by atoms with Gasteiger partial charge < -0.3 is 10.2 Å². The molecular formula is C13H19N3O2. The zero-order valence-corrected chi connectivity index (χ0v) is 11.0. The molecule has 1 N–H and O–H groups in total. The Balaban J connectivity index is 2.28. The number of rotatable bonds is 1. The molecule has 0 atom stereocenters. The zero-order valence-electron chi connectivity index (χ0n) is 11.0. The third-order valence-corrected chi connectivity index (χ3v) is 4.18. The van der Waals surface area contributed by atoms with E-state index in [2.05, 4.69) is 11.4 Å². The molecule has 98 valence electrons. The van der Waals surface area contributed by atoms with Crippen LogP contribution in [0.1, 0.15) is 39.5 Å². The number of nitrogens with zero attached hydrogens (tertiary/aromatic N) is 2. The van der Waals surface area contributed by atoms with E-state index in [1.807, 2.05) is 0 Å². The highest BCUT2D eigenvalue weighted by molar-refractivity contribution is 5.94. The second kappa shape index (κ2) is 4.27. The van der Waals surface area contributed by atoms with Crippen molar-refractivity contribution in [1.82, 2.24) is 10.2 Å². The lowest BCUT2D eigenvalue weighted by molar-refractivity contribution is -0.154. The molecule has 1 saturated carbocycles. The SMILES string of the molecule is CC1(C)C(=O)NCCN1C(=O)C1(C#N)CCCC1. The lowest BCUT2D eigenvalue weighted by Crippen LogP contribution is -2.65.